The monoisotopic (exact) mass is 635 g/mol. The minimum atomic E-state index is -0.627. The number of hydrogen-bond donors (Lipinski definition) is 1. The topological polar surface area (TPSA) is 107 Å². The van der Waals surface area contributed by atoms with Gasteiger partial charge in [-0.1, -0.05) is 55.8 Å². The molecule has 0 saturated carbocycles. The molecule has 4 rings (SSSR count). The van der Waals surface area contributed by atoms with Crippen LogP contribution in [0.3, 0.4) is 0 Å². The van der Waals surface area contributed by atoms with Gasteiger partial charge in [-0.25, -0.2) is 9.59 Å². The summed E-state index contributed by atoms with van der Waals surface area (Å²) in [6.45, 7) is 12.0. The Hall–Kier alpha value is -4.31. The van der Waals surface area contributed by atoms with Crippen LogP contribution in [0.1, 0.15) is 74.4 Å². The molecule has 0 aliphatic heterocycles. The highest BCUT2D eigenvalue weighted by Gasteiger charge is 2.32. The predicted octanol–water partition coefficient (Wildman–Crippen LogP) is 6.27. The minimum absolute atomic E-state index is 0.113. The number of methoxy groups -OCH3 is 1. The summed E-state index contributed by atoms with van der Waals surface area (Å²) in [5, 5.41) is 7.58. The van der Waals surface area contributed by atoms with Crippen LogP contribution in [0.4, 0.5) is 4.79 Å². The summed E-state index contributed by atoms with van der Waals surface area (Å²) in [6, 6.07) is 17.9. The van der Waals surface area contributed by atoms with Gasteiger partial charge in [0.1, 0.15) is 11.4 Å². The van der Waals surface area contributed by atoms with Crippen molar-refractivity contribution in [2.75, 3.05) is 20.2 Å². The fraction of sp³-hybridized carbons (Fsp3) is 0.412. The highest BCUT2D eigenvalue weighted by Crippen LogP contribution is 2.33. The molecular weight excluding hydrogens is 594 g/mol. The number of rotatable bonds is 11. The molecule has 1 unspecified atom stereocenters. The number of ether oxygens (including phenoxy) is 2. The lowest BCUT2D eigenvalue weighted by Crippen LogP contribution is -2.43. The fourth-order valence-electron chi connectivity index (χ4n) is 5.29. The van der Waals surface area contributed by atoms with Crippen molar-refractivity contribution >= 4 is 29.1 Å². The van der Waals surface area contributed by atoms with Crippen LogP contribution >= 0.6 is 11.6 Å². The van der Waals surface area contributed by atoms with Gasteiger partial charge in [-0.2, -0.15) is 9.61 Å². The van der Waals surface area contributed by atoms with Crippen LogP contribution in [0, 0.1) is 12.8 Å². The molecule has 2 amide bonds. The molecule has 1 N–H and O–H groups in total. The van der Waals surface area contributed by atoms with E-state index < -0.39 is 17.7 Å². The van der Waals surface area contributed by atoms with Crippen molar-refractivity contribution in [2.45, 2.75) is 66.2 Å². The Bertz CT molecular complexity index is 1690. The molecule has 10 nitrogen and oxygen atoms in total. The summed E-state index contributed by atoms with van der Waals surface area (Å²) < 4.78 is 13.7. The zero-order valence-corrected chi connectivity index (χ0v) is 27.7. The Labute approximate surface area is 268 Å². The van der Waals surface area contributed by atoms with Crippen LogP contribution in [0.25, 0.3) is 5.52 Å². The number of nitrogens with zero attached hydrogens (tertiary/aromatic N) is 4. The van der Waals surface area contributed by atoms with Gasteiger partial charge in [-0.3, -0.25) is 9.36 Å². The summed E-state index contributed by atoms with van der Waals surface area (Å²) >= 11 is 6.65. The molecule has 2 heterocycles. The molecule has 45 heavy (non-hydrogen) atoms. The Kier molecular flexibility index (Phi) is 10.6. The number of carbonyl (C=O) groups is 2. The summed E-state index contributed by atoms with van der Waals surface area (Å²) in [5.41, 5.74) is 2.07. The van der Waals surface area contributed by atoms with Crippen molar-refractivity contribution in [1.82, 2.24) is 24.4 Å². The van der Waals surface area contributed by atoms with Crippen LogP contribution in [0.15, 0.2) is 65.5 Å². The Balaban J connectivity index is 1.81. The Morgan fingerprint density at radius 2 is 1.73 bits per heavy atom. The zero-order valence-electron chi connectivity index (χ0n) is 27.0. The molecule has 11 heteroatoms. The fourth-order valence-corrected chi connectivity index (χ4v) is 5.46. The highest BCUT2D eigenvalue weighted by atomic mass is 35.5. The SMILES string of the molecule is COc1ccc(C(=O)N(CCCNC(=O)OC(C)(C)C)C(c2cc3c(Cl)c(C)nn3c(=O)n2Cc2ccccc2)C(C)C)cc1. The van der Waals surface area contributed by atoms with E-state index in [1.807, 2.05) is 50.2 Å². The first-order valence-electron chi connectivity index (χ1n) is 15.0. The third-order valence-corrected chi connectivity index (χ3v) is 7.79. The van der Waals surface area contributed by atoms with E-state index in [2.05, 4.69) is 10.4 Å². The number of aryl methyl sites for hydroxylation is 1. The summed E-state index contributed by atoms with van der Waals surface area (Å²) in [4.78, 5) is 42.4. The molecule has 0 spiro atoms. The van der Waals surface area contributed by atoms with Gasteiger partial charge in [-0.15, -0.1) is 0 Å². The average Bonchev–Trinajstić information content (AvgIpc) is 3.28. The zero-order chi connectivity index (χ0) is 32.9. The number of amides is 2. The van der Waals surface area contributed by atoms with E-state index in [9.17, 15) is 14.4 Å². The third-order valence-electron chi connectivity index (χ3n) is 7.32. The molecule has 2 aromatic heterocycles. The second-order valence-electron chi connectivity index (χ2n) is 12.3. The van der Waals surface area contributed by atoms with Crippen LogP contribution < -0.4 is 15.7 Å². The van der Waals surface area contributed by atoms with Crippen molar-refractivity contribution in [3.63, 3.8) is 0 Å². The van der Waals surface area contributed by atoms with Crippen LogP contribution in [0.2, 0.25) is 5.02 Å². The maximum Gasteiger partial charge on any atom is 0.407 e. The third kappa shape index (κ3) is 8.05. The number of benzene rings is 2. The number of nitrogens with one attached hydrogen (secondary N) is 1. The standard InChI is InChI=1S/C34H42ClN5O5/c1-22(2)30(28-20-27-29(35)23(3)37-40(27)33(43)39(28)21-24-12-9-8-10-13-24)38(19-11-18-36-32(42)45-34(4,5)6)31(41)25-14-16-26(44-7)17-15-25/h8-10,12-17,20,22,30H,11,18-19,21H2,1-7H3,(H,36,42). The van der Waals surface area contributed by atoms with Crippen molar-refractivity contribution in [3.8, 4) is 5.75 Å². The van der Waals surface area contributed by atoms with Gasteiger partial charge in [-0.05, 0) is 75.9 Å². The minimum Gasteiger partial charge on any atom is -0.497 e. The second kappa shape index (κ2) is 14.2. The quantitative estimate of drug-likeness (QED) is 0.195. The maximum absolute atomic E-state index is 14.3. The molecule has 0 fully saturated rings. The highest BCUT2D eigenvalue weighted by molar-refractivity contribution is 6.34. The molecule has 1 atom stereocenters. The molecule has 2 aromatic carbocycles. The molecule has 0 aliphatic carbocycles. The molecule has 0 radical (unpaired) electrons. The van der Waals surface area contributed by atoms with Gasteiger partial charge in [0.2, 0.25) is 0 Å². The first-order valence-corrected chi connectivity index (χ1v) is 15.4. The van der Waals surface area contributed by atoms with Gasteiger partial charge < -0.3 is 19.7 Å². The van der Waals surface area contributed by atoms with E-state index in [1.54, 1.807) is 68.5 Å². The number of hydrogen-bond acceptors (Lipinski definition) is 6. The Morgan fingerprint density at radius 1 is 1.07 bits per heavy atom. The molecular formula is C34H42ClN5O5. The lowest BCUT2D eigenvalue weighted by Gasteiger charge is -2.36. The molecule has 4 aromatic rings. The van der Waals surface area contributed by atoms with Crippen LogP contribution in [-0.2, 0) is 11.3 Å². The number of alkyl carbamates (subject to hydrolysis) is 1. The number of halogens is 1. The van der Waals surface area contributed by atoms with E-state index in [0.29, 0.717) is 46.2 Å². The van der Waals surface area contributed by atoms with E-state index >= 15 is 0 Å². The molecule has 0 saturated heterocycles. The van der Waals surface area contributed by atoms with Crippen molar-refractivity contribution < 1.29 is 19.1 Å². The number of aromatic nitrogens is 3. The average molecular weight is 636 g/mol. The van der Waals surface area contributed by atoms with Crippen molar-refractivity contribution in [2.24, 2.45) is 5.92 Å². The smallest absolute Gasteiger partial charge is 0.407 e. The Morgan fingerprint density at radius 3 is 2.33 bits per heavy atom. The molecule has 0 bridgehead atoms. The largest absolute Gasteiger partial charge is 0.497 e. The maximum atomic E-state index is 14.3. The van der Waals surface area contributed by atoms with Gasteiger partial charge in [0.25, 0.3) is 5.91 Å². The van der Waals surface area contributed by atoms with Crippen molar-refractivity contribution in [3.05, 3.63) is 98.7 Å². The normalized spacial score (nSPS) is 12.3. The van der Waals surface area contributed by atoms with Gasteiger partial charge >= 0.3 is 11.8 Å². The van der Waals surface area contributed by atoms with E-state index in [1.165, 1.54) is 4.52 Å². The van der Waals surface area contributed by atoms with E-state index in [-0.39, 0.29) is 30.6 Å². The van der Waals surface area contributed by atoms with Gasteiger partial charge in [0.05, 0.1) is 35.9 Å². The lowest BCUT2D eigenvalue weighted by atomic mass is 9.96. The number of fused-ring (bicyclic) bond motifs is 1. The first kappa shape index (κ1) is 33.6. The summed E-state index contributed by atoms with van der Waals surface area (Å²) in [5.74, 6) is 0.300. The van der Waals surface area contributed by atoms with Crippen molar-refractivity contribution in [1.29, 1.82) is 0 Å². The number of carbonyl (C=O) groups excluding carboxylic acids is 2. The lowest BCUT2D eigenvalue weighted by molar-refractivity contribution is 0.0520. The van der Waals surface area contributed by atoms with Gasteiger partial charge in [0.15, 0.2) is 0 Å². The summed E-state index contributed by atoms with van der Waals surface area (Å²) in [7, 11) is 1.57. The van der Waals surface area contributed by atoms with Gasteiger partial charge in [0, 0.05) is 24.3 Å². The predicted molar refractivity (Wildman–Crippen MR) is 175 cm³/mol. The molecule has 0 aliphatic rings. The van der Waals surface area contributed by atoms with E-state index in [4.69, 9.17) is 21.1 Å². The van der Waals surface area contributed by atoms with Crippen LogP contribution in [0.5, 0.6) is 5.75 Å². The van der Waals surface area contributed by atoms with Crippen LogP contribution in [-0.4, -0.2) is 56.9 Å². The molecule has 240 valence electrons. The summed E-state index contributed by atoms with van der Waals surface area (Å²) in [6.07, 6.45) is -0.0777. The second-order valence-corrected chi connectivity index (χ2v) is 12.7. The first-order chi connectivity index (χ1) is 21.3. The van der Waals surface area contributed by atoms with E-state index in [0.717, 1.165) is 5.56 Å².